The largest absolute Gasteiger partial charge is 0.325 e. The molecule has 0 bridgehead atoms. The van der Waals surface area contributed by atoms with Crippen LogP contribution in [-0.4, -0.2) is 26.1 Å². The Kier molecular flexibility index (Phi) is 4.56. The van der Waals surface area contributed by atoms with Crippen LogP contribution in [0.2, 0.25) is 0 Å². The summed E-state index contributed by atoms with van der Waals surface area (Å²) in [5, 5.41) is 18.4. The molecule has 0 N–H and O–H groups in total. The number of anilines is 2. The van der Waals surface area contributed by atoms with Gasteiger partial charge in [0, 0.05) is 23.2 Å². The highest BCUT2D eigenvalue weighted by molar-refractivity contribution is 5.94. The third-order valence-corrected chi connectivity index (χ3v) is 5.75. The van der Waals surface area contributed by atoms with Crippen LogP contribution in [0.25, 0.3) is 16.7 Å². The SMILES string of the molecule is Cc1nnc2nc(N3CCCc4c(C#CC(C)(C)C#N)cccc43)c3cc(F)ccc3n12. The normalized spacial score (nSPS) is 13.5. The quantitative estimate of drug-likeness (QED) is 0.414. The molecule has 0 amide bonds. The van der Waals surface area contributed by atoms with Gasteiger partial charge in [0.15, 0.2) is 0 Å². The van der Waals surface area contributed by atoms with Crippen LogP contribution in [-0.2, 0) is 6.42 Å². The molecule has 0 saturated carbocycles. The van der Waals surface area contributed by atoms with Gasteiger partial charge in [0.25, 0.3) is 5.78 Å². The lowest BCUT2D eigenvalue weighted by molar-refractivity contribution is 0.629. The summed E-state index contributed by atoms with van der Waals surface area (Å²) < 4.78 is 16.1. The molecule has 0 unspecified atom stereocenters. The standard InChI is InChI=1S/C25H21FN6/c1-16-29-30-24-28-23(20-14-18(26)9-10-22(20)32(16)24)31-13-5-7-19-17(6-4-8-21(19)31)11-12-25(2,3)15-27/h4,6,8-10,14H,5,7,13H2,1-3H3. The molecule has 1 aliphatic heterocycles. The molecule has 32 heavy (non-hydrogen) atoms. The molecule has 0 saturated heterocycles. The molecule has 0 fully saturated rings. The van der Waals surface area contributed by atoms with E-state index in [2.05, 4.69) is 33.0 Å². The summed E-state index contributed by atoms with van der Waals surface area (Å²) in [4.78, 5) is 6.90. The Balaban J connectivity index is 1.73. The number of aryl methyl sites for hydroxylation is 1. The van der Waals surface area contributed by atoms with Crippen molar-refractivity contribution in [3.63, 3.8) is 0 Å². The Hall–Kier alpha value is -3.97. The zero-order chi connectivity index (χ0) is 22.5. The predicted octanol–water partition coefficient (Wildman–Crippen LogP) is 4.71. The first-order valence-electron chi connectivity index (χ1n) is 10.5. The van der Waals surface area contributed by atoms with Crippen molar-refractivity contribution in [1.82, 2.24) is 19.6 Å². The van der Waals surface area contributed by atoms with Crippen LogP contribution in [0, 0.1) is 41.3 Å². The lowest BCUT2D eigenvalue weighted by Crippen LogP contribution is -2.26. The van der Waals surface area contributed by atoms with Crippen LogP contribution in [0.1, 0.15) is 37.2 Å². The average molecular weight is 424 g/mol. The van der Waals surface area contributed by atoms with Gasteiger partial charge in [-0.1, -0.05) is 17.9 Å². The van der Waals surface area contributed by atoms with E-state index in [4.69, 9.17) is 4.98 Å². The van der Waals surface area contributed by atoms with E-state index in [0.717, 1.165) is 41.7 Å². The summed E-state index contributed by atoms with van der Waals surface area (Å²) in [6.45, 7) is 6.22. The molecule has 0 atom stereocenters. The van der Waals surface area contributed by atoms with Gasteiger partial charge < -0.3 is 4.90 Å². The Morgan fingerprint density at radius 2 is 2.00 bits per heavy atom. The Morgan fingerprint density at radius 1 is 1.16 bits per heavy atom. The lowest BCUT2D eigenvalue weighted by Gasteiger charge is -2.32. The van der Waals surface area contributed by atoms with Crippen molar-refractivity contribution in [3.8, 4) is 17.9 Å². The minimum absolute atomic E-state index is 0.318. The summed E-state index contributed by atoms with van der Waals surface area (Å²) in [5.41, 5.74) is 3.11. The van der Waals surface area contributed by atoms with Crippen LogP contribution < -0.4 is 4.90 Å². The topological polar surface area (TPSA) is 70.1 Å². The average Bonchev–Trinajstić information content (AvgIpc) is 3.17. The number of hydrogen-bond donors (Lipinski definition) is 0. The number of nitrogens with zero attached hydrogens (tertiary/aromatic N) is 6. The van der Waals surface area contributed by atoms with Crippen molar-refractivity contribution in [2.75, 3.05) is 11.4 Å². The first-order valence-corrected chi connectivity index (χ1v) is 10.5. The van der Waals surface area contributed by atoms with Gasteiger partial charge in [-0.05, 0) is 69.5 Å². The molecule has 0 radical (unpaired) electrons. The number of nitriles is 1. The summed E-state index contributed by atoms with van der Waals surface area (Å²) >= 11 is 0. The van der Waals surface area contributed by atoms with E-state index in [9.17, 15) is 9.65 Å². The molecular formula is C25H21FN6. The van der Waals surface area contributed by atoms with E-state index in [1.165, 1.54) is 12.1 Å². The molecule has 0 spiro atoms. The molecule has 158 valence electrons. The minimum atomic E-state index is -0.719. The van der Waals surface area contributed by atoms with E-state index in [1.807, 2.05) is 43.4 Å². The number of rotatable bonds is 1. The van der Waals surface area contributed by atoms with Crippen molar-refractivity contribution in [3.05, 3.63) is 59.2 Å². The van der Waals surface area contributed by atoms with Crippen molar-refractivity contribution in [1.29, 1.82) is 5.26 Å². The highest BCUT2D eigenvalue weighted by Gasteiger charge is 2.25. The fourth-order valence-electron chi connectivity index (χ4n) is 4.16. The summed E-state index contributed by atoms with van der Waals surface area (Å²) in [6, 6.07) is 12.9. The van der Waals surface area contributed by atoms with Gasteiger partial charge in [0.1, 0.15) is 22.9 Å². The molecule has 1 aliphatic rings. The molecule has 7 heteroatoms. The number of benzene rings is 2. The van der Waals surface area contributed by atoms with Crippen LogP contribution in [0.3, 0.4) is 0 Å². The molecule has 2 aromatic heterocycles. The summed E-state index contributed by atoms with van der Waals surface area (Å²) in [5.74, 6) is 7.81. The maximum atomic E-state index is 14.3. The number of halogens is 1. The molecular weight excluding hydrogens is 403 g/mol. The minimum Gasteiger partial charge on any atom is -0.325 e. The van der Waals surface area contributed by atoms with E-state index >= 15 is 0 Å². The van der Waals surface area contributed by atoms with E-state index in [-0.39, 0.29) is 5.82 Å². The zero-order valence-corrected chi connectivity index (χ0v) is 18.1. The zero-order valence-electron chi connectivity index (χ0n) is 18.1. The predicted molar refractivity (Wildman–Crippen MR) is 121 cm³/mol. The second-order valence-corrected chi connectivity index (χ2v) is 8.52. The highest BCUT2D eigenvalue weighted by atomic mass is 19.1. The van der Waals surface area contributed by atoms with E-state index in [1.54, 1.807) is 6.07 Å². The third kappa shape index (κ3) is 3.23. The van der Waals surface area contributed by atoms with Gasteiger partial charge in [-0.3, -0.25) is 4.40 Å². The fourth-order valence-corrected chi connectivity index (χ4v) is 4.16. The van der Waals surface area contributed by atoms with Crippen LogP contribution in [0.4, 0.5) is 15.9 Å². The van der Waals surface area contributed by atoms with Gasteiger partial charge in [-0.2, -0.15) is 10.2 Å². The van der Waals surface area contributed by atoms with Crippen LogP contribution in [0.5, 0.6) is 0 Å². The Bertz CT molecular complexity index is 1480. The van der Waals surface area contributed by atoms with Gasteiger partial charge in [0.05, 0.1) is 11.6 Å². The second kappa shape index (κ2) is 7.32. The third-order valence-electron chi connectivity index (χ3n) is 5.75. The van der Waals surface area contributed by atoms with Crippen molar-refractivity contribution < 1.29 is 4.39 Å². The van der Waals surface area contributed by atoms with Gasteiger partial charge in [-0.15, -0.1) is 10.2 Å². The monoisotopic (exact) mass is 424 g/mol. The van der Waals surface area contributed by atoms with E-state index < -0.39 is 5.41 Å². The van der Waals surface area contributed by atoms with Crippen molar-refractivity contribution in [2.45, 2.75) is 33.6 Å². The lowest BCUT2D eigenvalue weighted by atomic mass is 9.93. The Morgan fingerprint density at radius 3 is 2.81 bits per heavy atom. The van der Waals surface area contributed by atoms with Gasteiger partial charge >= 0.3 is 0 Å². The fraction of sp³-hybridized carbons (Fsp3) is 0.280. The maximum Gasteiger partial charge on any atom is 0.257 e. The van der Waals surface area contributed by atoms with E-state index in [0.29, 0.717) is 22.8 Å². The second-order valence-electron chi connectivity index (χ2n) is 8.52. The van der Waals surface area contributed by atoms with Gasteiger partial charge in [0.2, 0.25) is 0 Å². The maximum absolute atomic E-state index is 14.3. The van der Waals surface area contributed by atoms with Gasteiger partial charge in [-0.25, -0.2) is 4.39 Å². The smallest absolute Gasteiger partial charge is 0.257 e. The van der Waals surface area contributed by atoms with Crippen molar-refractivity contribution in [2.24, 2.45) is 5.41 Å². The Labute approximate surface area is 185 Å². The first kappa shape index (κ1) is 20.0. The molecule has 0 aliphatic carbocycles. The number of aromatic nitrogens is 4. The molecule has 4 aromatic rings. The molecule has 5 rings (SSSR count). The number of fused-ring (bicyclic) bond motifs is 4. The van der Waals surface area contributed by atoms with Crippen molar-refractivity contribution >= 4 is 28.2 Å². The molecule has 2 aromatic carbocycles. The number of hydrogen-bond acceptors (Lipinski definition) is 5. The highest BCUT2D eigenvalue weighted by Crippen LogP contribution is 2.38. The van der Waals surface area contributed by atoms with Crippen LogP contribution in [0.15, 0.2) is 36.4 Å². The summed E-state index contributed by atoms with van der Waals surface area (Å²) in [6.07, 6.45) is 1.78. The molecule has 6 nitrogen and oxygen atoms in total. The summed E-state index contributed by atoms with van der Waals surface area (Å²) in [7, 11) is 0. The molecule has 3 heterocycles. The first-order chi connectivity index (χ1) is 15.4. The van der Waals surface area contributed by atoms with Crippen LogP contribution >= 0.6 is 0 Å².